The van der Waals surface area contributed by atoms with Gasteiger partial charge in [-0.05, 0) is 133 Å². The molecule has 6 amide bonds. The van der Waals surface area contributed by atoms with Crippen molar-refractivity contribution in [1.82, 2.24) is 26.2 Å². The summed E-state index contributed by atoms with van der Waals surface area (Å²) in [5, 5.41) is 10.6. The number of carbonyl (C=O) groups excluding carboxylic acids is 8. The van der Waals surface area contributed by atoms with Crippen LogP contribution in [0.3, 0.4) is 0 Å². The molecule has 67 heavy (non-hydrogen) atoms. The Labute approximate surface area is 403 Å². The smallest absolute Gasteiger partial charge is 0.323 e. The quantitative estimate of drug-likeness (QED) is 0.109. The van der Waals surface area contributed by atoms with Gasteiger partial charge in [-0.15, -0.1) is 0 Å². The molecule has 4 N–H and O–H groups in total. The lowest BCUT2D eigenvalue weighted by molar-refractivity contribution is -0.125. The zero-order valence-corrected chi connectivity index (χ0v) is 39.7. The molecular weight excluding hydrogens is 986 g/mol. The maximum atomic E-state index is 13.1. The number of imide groups is 1. The van der Waals surface area contributed by atoms with Crippen molar-refractivity contribution >= 4 is 78.9 Å². The van der Waals surface area contributed by atoms with Crippen LogP contribution in [0.25, 0.3) is 0 Å². The van der Waals surface area contributed by atoms with Crippen molar-refractivity contribution in [2.24, 2.45) is 0 Å². The molecular formula is C51H45Br2N5O9. The molecule has 0 bridgehead atoms. The first-order chi connectivity index (χ1) is 32.1. The molecule has 4 heterocycles. The number of halogens is 2. The van der Waals surface area contributed by atoms with Gasteiger partial charge in [-0.25, -0.2) is 4.79 Å². The van der Waals surface area contributed by atoms with Gasteiger partial charge in [-0.2, -0.15) is 0 Å². The van der Waals surface area contributed by atoms with Crippen LogP contribution in [0.4, 0.5) is 4.79 Å². The number of nitrogens with zero attached hydrogens (tertiary/aromatic N) is 1. The highest BCUT2D eigenvalue weighted by Crippen LogP contribution is 2.42. The van der Waals surface area contributed by atoms with E-state index < -0.39 is 28.6 Å². The van der Waals surface area contributed by atoms with Crippen LogP contribution in [0.2, 0.25) is 0 Å². The van der Waals surface area contributed by atoms with Crippen molar-refractivity contribution in [1.29, 1.82) is 0 Å². The maximum absolute atomic E-state index is 13.1. The molecule has 4 aromatic carbocycles. The van der Waals surface area contributed by atoms with Crippen LogP contribution in [0.1, 0.15) is 111 Å². The molecule has 342 valence electrons. The summed E-state index contributed by atoms with van der Waals surface area (Å²) in [5.41, 5.74) is 4.48. The number of hydrogen-bond acceptors (Lipinski definition) is 9. The van der Waals surface area contributed by atoms with E-state index in [-0.39, 0.29) is 55.2 Å². The molecule has 4 aliphatic heterocycles. The molecule has 16 heteroatoms. The minimum Gasteiger partial charge on any atom is -0.497 e. The van der Waals surface area contributed by atoms with Crippen molar-refractivity contribution in [2.75, 3.05) is 13.7 Å². The van der Waals surface area contributed by atoms with E-state index in [0.717, 1.165) is 81.7 Å². The summed E-state index contributed by atoms with van der Waals surface area (Å²) in [4.78, 5) is 99.3. The molecule has 4 aromatic rings. The van der Waals surface area contributed by atoms with Crippen molar-refractivity contribution < 1.29 is 43.1 Å². The highest BCUT2D eigenvalue weighted by atomic mass is 79.9. The highest BCUT2D eigenvalue weighted by Gasteiger charge is 2.51. The molecule has 0 saturated carbocycles. The van der Waals surface area contributed by atoms with Crippen molar-refractivity contribution in [3.63, 3.8) is 0 Å². The van der Waals surface area contributed by atoms with Crippen LogP contribution in [0.5, 0.6) is 5.75 Å². The van der Waals surface area contributed by atoms with E-state index in [2.05, 4.69) is 65.0 Å². The summed E-state index contributed by atoms with van der Waals surface area (Å²) >= 11 is 6.84. The SMILES string of the molecule is COc1ccc2c(c1)C(=O)N(C[C@@]1(C#Cc3ccc4c(c3)CCCC43NC(=O)CC3=O)NC(=O)NC1=O)C2.O=C1CC(=O)C2(CCCc3cc(Br)ccc32)N1.O=C1CCCc2cc(Br)ccc21. The number of nitrogens with one attached hydrogen (secondary N) is 4. The van der Waals surface area contributed by atoms with Gasteiger partial charge in [0.2, 0.25) is 17.4 Å². The van der Waals surface area contributed by atoms with Crippen molar-refractivity contribution in [2.45, 2.75) is 93.8 Å². The number of carbonyl (C=O) groups is 8. The average molecular weight is 1030 g/mol. The van der Waals surface area contributed by atoms with Crippen LogP contribution in [-0.4, -0.2) is 71.1 Å². The fourth-order valence-corrected chi connectivity index (χ4v) is 11.2. The lowest BCUT2D eigenvalue weighted by atomic mass is 9.74. The first kappa shape index (κ1) is 45.7. The van der Waals surface area contributed by atoms with Gasteiger partial charge >= 0.3 is 6.03 Å². The Morgan fingerprint density at radius 2 is 1.25 bits per heavy atom. The molecule has 3 aliphatic carbocycles. The van der Waals surface area contributed by atoms with Gasteiger partial charge < -0.3 is 25.6 Å². The molecule has 2 spiro atoms. The molecule has 3 fully saturated rings. The molecule has 11 rings (SSSR count). The Bertz CT molecular complexity index is 2920. The van der Waals surface area contributed by atoms with E-state index >= 15 is 0 Å². The number of fused-ring (bicyclic) bond motifs is 6. The van der Waals surface area contributed by atoms with Gasteiger partial charge in [0, 0.05) is 38.6 Å². The Kier molecular flexibility index (Phi) is 12.3. The highest BCUT2D eigenvalue weighted by molar-refractivity contribution is 9.10. The molecule has 3 atom stereocenters. The van der Waals surface area contributed by atoms with Gasteiger partial charge in [0.1, 0.15) is 16.8 Å². The second kappa shape index (κ2) is 18.0. The Morgan fingerprint density at radius 1 is 0.642 bits per heavy atom. The van der Waals surface area contributed by atoms with Gasteiger partial charge in [0.05, 0.1) is 26.5 Å². The number of benzene rings is 4. The predicted octanol–water partition coefficient (Wildman–Crippen LogP) is 5.94. The first-order valence-corrected chi connectivity index (χ1v) is 23.8. The minimum atomic E-state index is -1.63. The minimum absolute atomic E-state index is 0.0192. The van der Waals surface area contributed by atoms with Gasteiger partial charge in [0.15, 0.2) is 17.3 Å². The first-order valence-electron chi connectivity index (χ1n) is 22.2. The third-order valence-electron chi connectivity index (χ3n) is 13.6. The summed E-state index contributed by atoms with van der Waals surface area (Å²) in [6, 6.07) is 21.8. The third kappa shape index (κ3) is 8.59. The topological polar surface area (TPSA) is 197 Å². The second-order valence-electron chi connectivity index (χ2n) is 17.8. The number of rotatable bonds is 3. The normalized spacial score (nSPS) is 24.1. The summed E-state index contributed by atoms with van der Waals surface area (Å²) in [6.07, 6.45) is 7.32. The maximum Gasteiger partial charge on any atom is 0.323 e. The summed E-state index contributed by atoms with van der Waals surface area (Å²) in [7, 11) is 1.52. The van der Waals surface area contributed by atoms with Gasteiger partial charge in [0.25, 0.3) is 11.8 Å². The molecule has 0 radical (unpaired) electrons. The fourth-order valence-electron chi connectivity index (χ4n) is 10.4. The summed E-state index contributed by atoms with van der Waals surface area (Å²) < 4.78 is 7.31. The van der Waals surface area contributed by atoms with Crippen LogP contribution < -0.4 is 26.0 Å². The lowest BCUT2D eigenvalue weighted by Crippen LogP contribution is -2.54. The Morgan fingerprint density at radius 3 is 1.87 bits per heavy atom. The van der Waals surface area contributed by atoms with Crippen LogP contribution in [0.15, 0.2) is 81.7 Å². The number of aryl methyl sites for hydroxylation is 3. The molecule has 14 nitrogen and oxygen atoms in total. The van der Waals surface area contributed by atoms with Crippen LogP contribution >= 0.6 is 31.9 Å². The second-order valence-corrected chi connectivity index (χ2v) is 19.6. The number of methoxy groups -OCH3 is 1. The summed E-state index contributed by atoms with van der Waals surface area (Å²) in [5.74, 6) is 5.33. The van der Waals surface area contributed by atoms with E-state index in [4.69, 9.17) is 4.74 Å². The van der Waals surface area contributed by atoms with Crippen molar-refractivity contribution in [3.05, 3.63) is 132 Å². The van der Waals surface area contributed by atoms with Crippen LogP contribution in [0, 0.1) is 11.8 Å². The molecule has 0 aromatic heterocycles. The molecule has 3 saturated heterocycles. The lowest BCUT2D eigenvalue weighted by Gasteiger charge is -2.34. The van der Waals surface area contributed by atoms with E-state index in [1.807, 2.05) is 42.5 Å². The predicted molar refractivity (Wildman–Crippen MR) is 251 cm³/mol. The van der Waals surface area contributed by atoms with E-state index in [9.17, 15) is 38.4 Å². The van der Waals surface area contributed by atoms with Gasteiger partial charge in [-0.1, -0.05) is 68.0 Å². The van der Waals surface area contributed by atoms with E-state index in [1.54, 1.807) is 30.3 Å². The Hall–Kier alpha value is -6.44. The fraction of sp³-hybridized carbons (Fsp3) is 0.333. The monoisotopic (exact) mass is 1030 g/mol. The van der Waals surface area contributed by atoms with Crippen molar-refractivity contribution in [3.8, 4) is 17.6 Å². The number of ether oxygens (including phenoxy) is 1. The number of ketones is 3. The zero-order chi connectivity index (χ0) is 47.3. The number of Topliss-reactive ketones (excluding diaryl/α,β-unsaturated/α-hetero) is 3. The largest absolute Gasteiger partial charge is 0.497 e. The number of hydrogen-bond donors (Lipinski definition) is 4. The average Bonchev–Trinajstić information content (AvgIpc) is 3.97. The number of amides is 6. The standard InChI is InChI=1S/C28H24N4O6.C13H12BrNO2.C10H9BrO/c1-38-19-6-5-18-14-32(24(35)20(18)12-19)15-27(25(36)29-26(37)31-27)10-8-16-4-7-21-17(11-16)3-2-9-28(21)22(33)13-23(34)30-28;14-9-3-4-10-8(6-9)2-1-5-13(10)11(16)7-12(17)15-13;11-8-4-5-9-7(6-8)2-1-3-10(9)12/h4-7,11-12H,2-3,9,13-15H2,1H3,(H,30,34)(H2,29,31,36,37);3-4,6H,1-2,5,7H2,(H,15,17);4-6H,1-3H2/t27-,28?;;/m1../s1. The van der Waals surface area contributed by atoms with Crippen LogP contribution in [-0.2, 0) is 60.9 Å². The van der Waals surface area contributed by atoms with E-state index in [1.165, 1.54) is 23.1 Å². The van der Waals surface area contributed by atoms with E-state index in [0.29, 0.717) is 35.5 Å². The van der Waals surface area contributed by atoms with Gasteiger partial charge in [-0.3, -0.25) is 38.9 Å². The zero-order valence-electron chi connectivity index (χ0n) is 36.5. The molecule has 2 unspecified atom stereocenters. The molecule has 7 aliphatic rings. The third-order valence-corrected chi connectivity index (χ3v) is 14.6. The Balaban J connectivity index is 0.000000157. The summed E-state index contributed by atoms with van der Waals surface area (Å²) in [6.45, 7) is 0.132. The number of urea groups is 1.